The molecule has 6 nitrogen and oxygen atoms in total. The molecule has 1 aliphatic carbocycles. The fourth-order valence-electron chi connectivity index (χ4n) is 7.70. The van der Waals surface area contributed by atoms with Gasteiger partial charge in [-0.3, -0.25) is 14.5 Å². The molecule has 238 valence electrons. The maximum Gasteiger partial charge on any atom is 0.238 e. The van der Waals surface area contributed by atoms with Crippen LogP contribution in [-0.4, -0.2) is 29.6 Å². The van der Waals surface area contributed by atoms with Crippen molar-refractivity contribution in [3.05, 3.63) is 131 Å². The first-order valence-electron chi connectivity index (χ1n) is 16.7. The zero-order valence-corrected chi connectivity index (χ0v) is 26.6. The normalized spacial score (nSPS) is 22.4. The van der Waals surface area contributed by atoms with Crippen molar-refractivity contribution in [3.8, 4) is 5.75 Å². The highest BCUT2D eigenvalue weighted by Gasteiger charge is 2.57. The Hall–Kier alpha value is -4.94. The zero-order valence-electron chi connectivity index (χ0n) is 26.6. The number of allylic oxidation sites excluding steroid dienone is 2. The van der Waals surface area contributed by atoms with E-state index < -0.39 is 5.92 Å². The number of carbonyl (C=O) groups excluding carboxylic acids is 2. The molecule has 6 heteroatoms. The van der Waals surface area contributed by atoms with E-state index in [1.807, 2.05) is 84.9 Å². The van der Waals surface area contributed by atoms with Gasteiger partial charge < -0.3 is 15.2 Å². The summed E-state index contributed by atoms with van der Waals surface area (Å²) in [6, 6.07) is 35.1. The Morgan fingerprint density at radius 3 is 2.32 bits per heavy atom. The number of hydrogen-bond acceptors (Lipinski definition) is 5. The van der Waals surface area contributed by atoms with Crippen LogP contribution in [0.15, 0.2) is 120 Å². The minimum absolute atomic E-state index is 0.0870. The Kier molecular flexibility index (Phi) is 8.77. The van der Waals surface area contributed by atoms with Crippen molar-refractivity contribution in [3.63, 3.8) is 0 Å². The van der Waals surface area contributed by atoms with Gasteiger partial charge in [-0.1, -0.05) is 85.7 Å². The van der Waals surface area contributed by atoms with Crippen molar-refractivity contribution in [1.29, 1.82) is 0 Å². The molecule has 3 aliphatic rings. The fraction of sp³-hybridized carbons (Fsp3) is 0.268. The number of ether oxygens (including phenoxy) is 1. The fourth-order valence-corrected chi connectivity index (χ4v) is 7.70. The number of benzene rings is 4. The quantitative estimate of drug-likeness (QED) is 0.105. The summed E-state index contributed by atoms with van der Waals surface area (Å²) in [5.74, 6) is -0.811. The summed E-state index contributed by atoms with van der Waals surface area (Å²) in [5, 5.41) is 13.4. The molecule has 47 heavy (non-hydrogen) atoms. The summed E-state index contributed by atoms with van der Waals surface area (Å²) in [5.41, 5.74) is 8.28. The molecule has 2 amide bonds. The predicted molar refractivity (Wildman–Crippen MR) is 187 cm³/mol. The number of phenolic OH excluding ortho intramolecular Hbond substituents is 1. The highest BCUT2D eigenvalue weighted by Crippen LogP contribution is 2.51. The number of rotatable bonds is 10. The number of nitrogens with zero attached hydrogens (tertiary/aromatic N) is 1. The van der Waals surface area contributed by atoms with Crippen molar-refractivity contribution in [2.24, 2.45) is 17.8 Å². The number of carbonyl (C=O) groups is 2. The number of imide groups is 1. The molecule has 0 radical (unpaired) electrons. The van der Waals surface area contributed by atoms with E-state index in [1.54, 1.807) is 12.1 Å². The Morgan fingerprint density at radius 1 is 0.872 bits per heavy atom. The SMILES string of the molecule is CCCC1=C2[C@@H](CC/C(=C/c3cccc(O)c3)c3ccccc3)OC[C@@H]2[C@@H]2C(=O)N(c3ccc(Nc4ccccc4)cc3)C(=O)[C@@H]2C1. The van der Waals surface area contributed by atoms with Crippen LogP contribution in [0.5, 0.6) is 5.75 Å². The van der Waals surface area contributed by atoms with Gasteiger partial charge >= 0.3 is 0 Å². The summed E-state index contributed by atoms with van der Waals surface area (Å²) < 4.78 is 6.52. The van der Waals surface area contributed by atoms with Gasteiger partial charge in [-0.05, 0) is 96.5 Å². The summed E-state index contributed by atoms with van der Waals surface area (Å²) >= 11 is 0. The maximum atomic E-state index is 14.1. The van der Waals surface area contributed by atoms with E-state index in [2.05, 4.69) is 30.4 Å². The number of amides is 2. The monoisotopic (exact) mass is 624 g/mol. The number of fused-ring (bicyclic) bond motifs is 3. The molecule has 4 aromatic carbocycles. The highest BCUT2D eigenvalue weighted by atomic mass is 16.5. The Morgan fingerprint density at radius 2 is 1.60 bits per heavy atom. The van der Waals surface area contributed by atoms with Crippen LogP contribution in [0.4, 0.5) is 17.1 Å². The van der Waals surface area contributed by atoms with E-state index in [4.69, 9.17) is 4.74 Å². The number of hydrogen-bond donors (Lipinski definition) is 2. The number of para-hydroxylation sites is 1. The van der Waals surface area contributed by atoms with Crippen LogP contribution in [0, 0.1) is 17.8 Å². The van der Waals surface area contributed by atoms with Crippen LogP contribution in [0.3, 0.4) is 0 Å². The van der Waals surface area contributed by atoms with Crippen molar-refractivity contribution >= 4 is 40.5 Å². The van der Waals surface area contributed by atoms with Crippen molar-refractivity contribution in [1.82, 2.24) is 0 Å². The average Bonchev–Trinajstić information content (AvgIpc) is 3.62. The first-order chi connectivity index (χ1) is 23.0. The lowest BCUT2D eigenvalue weighted by Crippen LogP contribution is -2.34. The third-order valence-electron chi connectivity index (χ3n) is 9.78. The summed E-state index contributed by atoms with van der Waals surface area (Å²) in [6.07, 6.45) is 6.08. The second-order valence-electron chi connectivity index (χ2n) is 12.8. The van der Waals surface area contributed by atoms with Gasteiger partial charge in [-0.15, -0.1) is 0 Å². The molecular formula is C41H40N2O4. The third kappa shape index (κ3) is 6.26. The van der Waals surface area contributed by atoms with Gasteiger partial charge in [0.1, 0.15) is 5.75 Å². The summed E-state index contributed by atoms with van der Waals surface area (Å²) in [7, 11) is 0. The molecule has 0 bridgehead atoms. The lowest BCUT2D eigenvalue weighted by atomic mass is 9.68. The molecule has 0 spiro atoms. The van der Waals surface area contributed by atoms with E-state index in [1.165, 1.54) is 16.0 Å². The van der Waals surface area contributed by atoms with Gasteiger partial charge in [0.15, 0.2) is 0 Å². The number of anilines is 3. The molecule has 4 atom stereocenters. The highest BCUT2D eigenvalue weighted by molar-refractivity contribution is 6.22. The predicted octanol–water partition coefficient (Wildman–Crippen LogP) is 8.78. The van der Waals surface area contributed by atoms with E-state index in [0.717, 1.165) is 53.8 Å². The van der Waals surface area contributed by atoms with Gasteiger partial charge in [-0.2, -0.15) is 0 Å². The number of nitrogens with one attached hydrogen (secondary N) is 1. The summed E-state index contributed by atoms with van der Waals surface area (Å²) in [4.78, 5) is 29.4. The summed E-state index contributed by atoms with van der Waals surface area (Å²) in [6.45, 7) is 2.63. The number of phenols is 1. The standard InChI is InChI=1S/C41H40N2O4/c1-2-10-30-25-35-39(41(46)43(40(35)45)33-20-18-32(19-21-33)42-31-14-7-4-8-15-31)36-26-47-37(38(30)36)22-17-29(28-12-5-3-6-13-28)23-27-11-9-16-34(44)24-27/h3-9,11-16,18-21,23-24,35-37,39,42,44H,2,10,17,22,25-26H2,1H3/b29-23-/t35-,36+,37-,39-/m1/s1. The first-order valence-corrected chi connectivity index (χ1v) is 16.7. The molecule has 2 saturated heterocycles. The molecule has 0 aromatic heterocycles. The second-order valence-corrected chi connectivity index (χ2v) is 12.8. The molecule has 2 fully saturated rings. The second kappa shape index (κ2) is 13.4. The topological polar surface area (TPSA) is 78.9 Å². The lowest BCUT2D eigenvalue weighted by Gasteiger charge is -2.32. The van der Waals surface area contributed by atoms with Gasteiger partial charge in [0, 0.05) is 17.3 Å². The van der Waals surface area contributed by atoms with Crippen LogP contribution in [0.2, 0.25) is 0 Å². The van der Waals surface area contributed by atoms with Gasteiger partial charge in [0.25, 0.3) is 0 Å². The van der Waals surface area contributed by atoms with E-state index in [9.17, 15) is 14.7 Å². The molecule has 7 rings (SSSR count). The zero-order chi connectivity index (χ0) is 32.3. The first kappa shape index (κ1) is 30.7. The average molecular weight is 625 g/mol. The lowest BCUT2D eigenvalue weighted by molar-refractivity contribution is -0.122. The van der Waals surface area contributed by atoms with Gasteiger partial charge in [-0.25, -0.2) is 0 Å². The smallest absolute Gasteiger partial charge is 0.238 e. The molecule has 0 saturated carbocycles. The molecule has 0 unspecified atom stereocenters. The Bertz CT molecular complexity index is 1810. The Labute approximate surface area is 276 Å². The Balaban J connectivity index is 1.12. The molecule has 2 heterocycles. The van der Waals surface area contributed by atoms with Gasteiger partial charge in [0.05, 0.1) is 30.2 Å². The van der Waals surface area contributed by atoms with Crippen LogP contribution in [0.25, 0.3) is 11.6 Å². The maximum absolute atomic E-state index is 14.1. The van der Waals surface area contributed by atoms with Crippen LogP contribution < -0.4 is 10.2 Å². The van der Waals surface area contributed by atoms with Crippen LogP contribution >= 0.6 is 0 Å². The molecule has 4 aromatic rings. The van der Waals surface area contributed by atoms with Crippen LogP contribution in [-0.2, 0) is 14.3 Å². The van der Waals surface area contributed by atoms with Gasteiger partial charge in [0.2, 0.25) is 11.8 Å². The van der Waals surface area contributed by atoms with E-state index >= 15 is 0 Å². The number of aromatic hydroxyl groups is 1. The van der Waals surface area contributed by atoms with E-state index in [0.29, 0.717) is 18.7 Å². The molecule has 2 N–H and O–H groups in total. The largest absolute Gasteiger partial charge is 0.508 e. The minimum Gasteiger partial charge on any atom is -0.508 e. The molecule has 2 aliphatic heterocycles. The minimum atomic E-state index is -0.401. The van der Waals surface area contributed by atoms with Crippen molar-refractivity contribution in [2.75, 3.05) is 16.8 Å². The van der Waals surface area contributed by atoms with Crippen molar-refractivity contribution in [2.45, 2.75) is 45.1 Å². The van der Waals surface area contributed by atoms with Crippen molar-refractivity contribution < 1.29 is 19.4 Å². The third-order valence-corrected chi connectivity index (χ3v) is 9.78. The van der Waals surface area contributed by atoms with E-state index in [-0.39, 0.29) is 35.5 Å². The molecular weight excluding hydrogens is 584 g/mol. The van der Waals surface area contributed by atoms with Crippen LogP contribution in [0.1, 0.15) is 50.2 Å².